The quantitative estimate of drug-likeness (QED) is 0.482. The first-order valence-electron chi connectivity index (χ1n) is 9.04. The lowest BCUT2D eigenvalue weighted by molar-refractivity contribution is 0.0561. The van der Waals surface area contributed by atoms with Crippen molar-refractivity contribution in [3.05, 3.63) is 71.7 Å². The number of hydrogen-bond donors (Lipinski definition) is 1. The molecule has 2 aromatic heterocycles. The number of fused-ring (bicyclic) bond motifs is 1. The van der Waals surface area contributed by atoms with Crippen molar-refractivity contribution in [3.63, 3.8) is 0 Å². The molecule has 0 aliphatic heterocycles. The van der Waals surface area contributed by atoms with Gasteiger partial charge in [0.25, 0.3) is 0 Å². The summed E-state index contributed by atoms with van der Waals surface area (Å²) < 4.78 is 16.0. The molecule has 4 aromatic rings. The van der Waals surface area contributed by atoms with Crippen molar-refractivity contribution in [1.29, 1.82) is 0 Å². The second-order valence-corrected chi connectivity index (χ2v) is 6.30. The molecule has 0 aliphatic rings. The number of aromatic nitrogens is 3. The summed E-state index contributed by atoms with van der Waals surface area (Å²) in [6.07, 6.45) is 0.509. The largest absolute Gasteiger partial charge is 0.483 e. The van der Waals surface area contributed by atoms with E-state index in [9.17, 15) is 9.90 Å². The van der Waals surface area contributed by atoms with Gasteiger partial charge in [0.15, 0.2) is 0 Å². The van der Waals surface area contributed by atoms with E-state index in [4.69, 9.17) is 9.15 Å². The van der Waals surface area contributed by atoms with Gasteiger partial charge < -0.3 is 19.0 Å². The van der Waals surface area contributed by atoms with Gasteiger partial charge in [-0.15, -0.1) is 15.0 Å². The van der Waals surface area contributed by atoms with Crippen LogP contribution in [0, 0.1) is 0 Å². The highest BCUT2D eigenvalue weighted by atomic mass is 16.5. The number of methoxy groups -OCH3 is 1. The maximum atomic E-state index is 11.5. The van der Waals surface area contributed by atoms with Crippen LogP contribution in [0.1, 0.15) is 21.9 Å². The zero-order valence-electron chi connectivity index (χ0n) is 15.7. The van der Waals surface area contributed by atoms with E-state index in [0.717, 1.165) is 16.6 Å². The van der Waals surface area contributed by atoms with Crippen molar-refractivity contribution in [2.45, 2.75) is 13.0 Å². The fourth-order valence-electron chi connectivity index (χ4n) is 2.91. The van der Waals surface area contributed by atoms with Gasteiger partial charge in [-0.25, -0.2) is 4.79 Å². The van der Waals surface area contributed by atoms with Crippen LogP contribution in [0.25, 0.3) is 16.7 Å². The summed E-state index contributed by atoms with van der Waals surface area (Å²) in [6.45, 7) is 0.154. The SMILES string of the molecule is COC(=O)c1ccc(COc2ccc(CCO)cc2-n2nc3ccccc3n2)o1. The highest BCUT2D eigenvalue weighted by molar-refractivity contribution is 5.86. The van der Waals surface area contributed by atoms with E-state index in [-0.39, 0.29) is 19.0 Å². The molecular weight excluding hydrogens is 374 g/mol. The van der Waals surface area contributed by atoms with Crippen molar-refractivity contribution in [2.24, 2.45) is 0 Å². The van der Waals surface area contributed by atoms with E-state index in [2.05, 4.69) is 14.9 Å². The van der Waals surface area contributed by atoms with Crippen LogP contribution >= 0.6 is 0 Å². The first-order chi connectivity index (χ1) is 14.2. The minimum atomic E-state index is -0.544. The van der Waals surface area contributed by atoms with Crippen molar-refractivity contribution in [1.82, 2.24) is 15.0 Å². The Morgan fingerprint density at radius 1 is 1.10 bits per heavy atom. The Morgan fingerprint density at radius 2 is 1.86 bits per heavy atom. The molecule has 8 nitrogen and oxygen atoms in total. The smallest absolute Gasteiger partial charge is 0.373 e. The van der Waals surface area contributed by atoms with Crippen LogP contribution in [0.3, 0.4) is 0 Å². The average Bonchev–Trinajstić information content (AvgIpc) is 3.39. The molecule has 0 amide bonds. The van der Waals surface area contributed by atoms with Crippen LogP contribution < -0.4 is 4.74 Å². The molecule has 0 fully saturated rings. The topological polar surface area (TPSA) is 99.6 Å². The number of ether oxygens (including phenoxy) is 2. The molecule has 0 aliphatic carbocycles. The number of aliphatic hydroxyl groups excluding tert-OH is 1. The van der Waals surface area contributed by atoms with E-state index in [1.807, 2.05) is 36.4 Å². The Labute approximate surface area is 166 Å². The standard InChI is InChI=1S/C21H19N3O5/c1-27-21(26)20-9-7-15(29-20)13-28-19-8-6-14(10-11-25)12-18(19)24-22-16-4-2-3-5-17(16)23-24/h2-9,12,25H,10-11,13H2,1H3. The third-order valence-electron chi connectivity index (χ3n) is 4.34. The first kappa shape index (κ1) is 18.7. The molecule has 0 saturated heterocycles. The molecule has 2 heterocycles. The summed E-state index contributed by atoms with van der Waals surface area (Å²) in [5.74, 6) is 0.597. The minimum Gasteiger partial charge on any atom is -0.483 e. The number of rotatable bonds is 7. The Bertz CT molecular complexity index is 1120. The van der Waals surface area contributed by atoms with Crippen LogP contribution in [0.5, 0.6) is 5.75 Å². The third kappa shape index (κ3) is 3.97. The summed E-state index contributed by atoms with van der Waals surface area (Å²) in [7, 11) is 1.29. The van der Waals surface area contributed by atoms with Crippen LogP contribution in [0.4, 0.5) is 0 Å². The van der Waals surface area contributed by atoms with Gasteiger partial charge in [0, 0.05) is 6.61 Å². The second kappa shape index (κ2) is 8.15. The van der Waals surface area contributed by atoms with Crippen LogP contribution in [-0.4, -0.2) is 39.8 Å². The van der Waals surface area contributed by atoms with Gasteiger partial charge in [0.1, 0.15) is 34.8 Å². The van der Waals surface area contributed by atoms with Crippen LogP contribution in [0.2, 0.25) is 0 Å². The lowest BCUT2D eigenvalue weighted by Gasteiger charge is -2.11. The van der Waals surface area contributed by atoms with Crippen molar-refractivity contribution in [2.75, 3.05) is 13.7 Å². The monoisotopic (exact) mass is 393 g/mol. The van der Waals surface area contributed by atoms with Gasteiger partial charge in [0.2, 0.25) is 5.76 Å². The number of carbonyl (C=O) groups excluding carboxylic acids is 1. The average molecular weight is 393 g/mol. The van der Waals surface area contributed by atoms with Gasteiger partial charge in [-0.3, -0.25) is 0 Å². The summed E-state index contributed by atoms with van der Waals surface area (Å²) in [5, 5.41) is 18.3. The van der Waals surface area contributed by atoms with E-state index < -0.39 is 5.97 Å². The molecule has 29 heavy (non-hydrogen) atoms. The molecule has 1 N–H and O–H groups in total. The van der Waals surface area contributed by atoms with E-state index in [1.165, 1.54) is 18.0 Å². The minimum absolute atomic E-state index is 0.0385. The number of carbonyl (C=O) groups is 1. The fraction of sp³-hybridized carbons (Fsp3) is 0.190. The first-order valence-corrected chi connectivity index (χ1v) is 9.04. The van der Waals surface area contributed by atoms with E-state index in [1.54, 1.807) is 12.1 Å². The lowest BCUT2D eigenvalue weighted by atomic mass is 10.1. The highest BCUT2D eigenvalue weighted by Gasteiger charge is 2.14. The lowest BCUT2D eigenvalue weighted by Crippen LogP contribution is -2.05. The summed E-state index contributed by atoms with van der Waals surface area (Å²) in [4.78, 5) is 13.0. The molecule has 0 spiro atoms. The number of hydrogen-bond acceptors (Lipinski definition) is 7. The normalized spacial score (nSPS) is 11.0. The van der Waals surface area contributed by atoms with Gasteiger partial charge in [-0.2, -0.15) is 0 Å². The van der Waals surface area contributed by atoms with Gasteiger partial charge in [-0.1, -0.05) is 18.2 Å². The molecule has 0 radical (unpaired) electrons. The molecule has 0 atom stereocenters. The van der Waals surface area contributed by atoms with Gasteiger partial charge in [-0.05, 0) is 48.4 Å². The zero-order valence-corrected chi connectivity index (χ0v) is 15.7. The number of esters is 1. The Kier molecular flexibility index (Phi) is 5.26. The fourth-order valence-corrected chi connectivity index (χ4v) is 2.91. The third-order valence-corrected chi connectivity index (χ3v) is 4.34. The zero-order chi connectivity index (χ0) is 20.2. The second-order valence-electron chi connectivity index (χ2n) is 6.30. The Morgan fingerprint density at radius 3 is 2.55 bits per heavy atom. The highest BCUT2D eigenvalue weighted by Crippen LogP contribution is 2.26. The molecule has 0 bridgehead atoms. The molecule has 8 heteroatoms. The Balaban J connectivity index is 1.63. The summed E-state index contributed by atoms with van der Waals surface area (Å²) in [5.41, 5.74) is 3.11. The molecule has 148 valence electrons. The molecule has 2 aromatic carbocycles. The van der Waals surface area contributed by atoms with Gasteiger partial charge >= 0.3 is 5.97 Å². The maximum absolute atomic E-state index is 11.5. The maximum Gasteiger partial charge on any atom is 0.373 e. The van der Waals surface area contributed by atoms with Gasteiger partial charge in [0.05, 0.1) is 7.11 Å². The van der Waals surface area contributed by atoms with E-state index in [0.29, 0.717) is 23.6 Å². The van der Waals surface area contributed by atoms with Crippen molar-refractivity contribution >= 4 is 17.0 Å². The molecular formula is C21H19N3O5. The molecule has 0 saturated carbocycles. The number of benzene rings is 2. The number of nitrogens with zero attached hydrogens (tertiary/aromatic N) is 3. The summed E-state index contributed by atoms with van der Waals surface area (Å²) >= 11 is 0. The number of furan rings is 1. The van der Waals surface area contributed by atoms with E-state index >= 15 is 0 Å². The molecule has 0 unspecified atom stereocenters. The van der Waals surface area contributed by atoms with Crippen molar-refractivity contribution in [3.8, 4) is 11.4 Å². The predicted octanol–water partition coefficient (Wildman–Crippen LogP) is 2.91. The number of aliphatic hydroxyl groups is 1. The Hall–Kier alpha value is -3.65. The molecule has 4 rings (SSSR count). The predicted molar refractivity (Wildman–Crippen MR) is 104 cm³/mol. The van der Waals surface area contributed by atoms with Crippen LogP contribution in [0.15, 0.2) is 59.0 Å². The summed E-state index contributed by atoms with van der Waals surface area (Å²) in [6, 6.07) is 16.3. The van der Waals surface area contributed by atoms with Crippen molar-refractivity contribution < 1.29 is 23.8 Å². The van der Waals surface area contributed by atoms with Crippen LogP contribution in [-0.2, 0) is 17.8 Å².